The molecular weight excluding hydrogens is 452 g/mol. The number of anilines is 2. The van der Waals surface area contributed by atoms with Gasteiger partial charge in [0, 0.05) is 13.1 Å². The molecule has 4 rings (SSSR count). The van der Waals surface area contributed by atoms with E-state index >= 15 is 0 Å². The van der Waals surface area contributed by atoms with Crippen LogP contribution in [0.5, 0.6) is 23.6 Å². The third-order valence-electron chi connectivity index (χ3n) is 5.96. The fourth-order valence-electron chi connectivity index (χ4n) is 4.04. The van der Waals surface area contributed by atoms with Crippen LogP contribution >= 0.6 is 0 Å². The quantitative estimate of drug-likeness (QED) is 0.414. The Hall–Kier alpha value is -3.86. The Morgan fingerprint density at radius 1 is 1.17 bits per heavy atom. The second kappa shape index (κ2) is 9.79. The second-order valence-electron chi connectivity index (χ2n) is 8.87. The number of carbonyl (C=O) groups excluding carboxylic acids is 1. The summed E-state index contributed by atoms with van der Waals surface area (Å²) in [5.41, 5.74) is 9.31. The molecule has 1 aromatic carbocycles. The summed E-state index contributed by atoms with van der Waals surface area (Å²) in [6, 6.07) is 4.18. The summed E-state index contributed by atoms with van der Waals surface area (Å²) >= 11 is 0. The number of benzene rings is 1. The van der Waals surface area contributed by atoms with Crippen LogP contribution in [0.2, 0.25) is 0 Å². The van der Waals surface area contributed by atoms with E-state index in [1.54, 1.807) is 0 Å². The maximum atomic E-state index is 12.9. The Morgan fingerprint density at radius 3 is 2.54 bits per heavy atom. The summed E-state index contributed by atoms with van der Waals surface area (Å²) in [6.45, 7) is 7.27. The number of hydrogen-bond acceptors (Lipinski definition) is 10. The van der Waals surface area contributed by atoms with Crippen LogP contribution in [0.3, 0.4) is 0 Å². The minimum Gasteiger partial charge on any atom is -0.479 e. The van der Waals surface area contributed by atoms with Crippen molar-refractivity contribution in [3.8, 4) is 23.6 Å². The molecule has 2 aromatic heterocycles. The molecule has 0 fully saturated rings. The van der Waals surface area contributed by atoms with Gasteiger partial charge in [-0.15, -0.1) is 0 Å². The molecule has 0 radical (unpaired) electrons. The second-order valence-corrected chi connectivity index (χ2v) is 8.87. The third kappa shape index (κ3) is 4.99. The van der Waals surface area contributed by atoms with Gasteiger partial charge in [-0.2, -0.15) is 15.0 Å². The lowest BCUT2D eigenvalue weighted by Crippen LogP contribution is -2.18. The summed E-state index contributed by atoms with van der Waals surface area (Å²) in [5.74, 6) is 0.553. The first-order chi connectivity index (χ1) is 16.7. The van der Waals surface area contributed by atoms with Gasteiger partial charge >= 0.3 is 6.08 Å². The van der Waals surface area contributed by atoms with Crippen LogP contribution in [0.4, 0.5) is 11.6 Å². The zero-order valence-electron chi connectivity index (χ0n) is 20.5. The van der Waals surface area contributed by atoms with E-state index in [2.05, 4.69) is 45.5 Å². The summed E-state index contributed by atoms with van der Waals surface area (Å²) in [7, 11) is 2.85. The molecule has 11 heteroatoms. The van der Waals surface area contributed by atoms with Gasteiger partial charge in [0.25, 0.3) is 5.91 Å². The minimum absolute atomic E-state index is 0.00795. The molecule has 0 unspecified atom stereocenters. The lowest BCUT2D eigenvalue weighted by atomic mass is 9.86. The summed E-state index contributed by atoms with van der Waals surface area (Å²) in [6.07, 6.45) is 3.32. The third-order valence-corrected chi connectivity index (χ3v) is 5.96. The van der Waals surface area contributed by atoms with E-state index in [9.17, 15) is 4.79 Å². The average Bonchev–Trinajstić information content (AvgIpc) is 3.42. The lowest BCUT2D eigenvalue weighted by molar-refractivity contribution is 0.102. The van der Waals surface area contributed by atoms with Crippen LogP contribution in [0.25, 0.3) is 0 Å². The number of fused-ring (bicyclic) bond motifs is 1. The number of aromatic nitrogens is 3. The Kier molecular flexibility index (Phi) is 6.79. The zero-order valence-corrected chi connectivity index (χ0v) is 20.5. The van der Waals surface area contributed by atoms with Crippen LogP contribution in [0.1, 0.15) is 47.4 Å². The molecular formula is C24H30N6O5. The monoisotopic (exact) mass is 482 g/mol. The van der Waals surface area contributed by atoms with Crippen LogP contribution in [-0.2, 0) is 11.8 Å². The lowest BCUT2D eigenvalue weighted by Gasteiger charge is -2.20. The van der Waals surface area contributed by atoms with E-state index in [4.69, 9.17) is 24.4 Å². The number of aryl methyl sites for hydroxylation is 2. The van der Waals surface area contributed by atoms with E-state index in [0.717, 1.165) is 18.4 Å². The van der Waals surface area contributed by atoms with Crippen molar-refractivity contribution in [2.24, 2.45) is 5.73 Å². The van der Waals surface area contributed by atoms with Crippen molar-refractivity contribution in [2.45, 2.75) is 39.0 Å². The molecule has 11 nitrogen and oxygen atoms in total. The highest BCUT2D eigenvalue weighted by Gasteiger charge is 2.31. The number of amides is 1. The Balaban J connectivity index is 1.53. The fraction of sp³-hybridized carbons (Fsp3) is 0.417. The number of carbonyl (C=O) groups is 1. The number of methoxy groups -OCH3 is 2. The summed E-state index contributed by atoms with van der Waals surface area (Å²) in [5, 5.41) is 5.61. The molecule has 0 saturated heterocycles. The summed E-state index contributed by atoms with van der Waals surface area (Å²) in [4.78, 5) is 25.5. The van der Waals surface area contributed by atoms with Crippen LogP contribution in [0.15, 0.2) is 22.8 Å². The molecule has 0 bridgehead atoms. The smallest absolute Gasteiger partial charge is 0.399 e. The van der Waals surface area contributed by atoms with Gasteiger partial charge in [-0.3, -0.25) is 4.79 Å². The van der Waals surface area contributed by atoms with Crippen molar-refractivity contribution in [3.63, 3.8) is 0 Å². The number of nitrogens with one attached hydrogen (secondary N) is 2. The van der Waals surface area contributed by atoms with Crippen LogP contribution in [0, 0.1) is 6.92 Å². The van der Waals surface area contributed by atoms with Gasteiger partial charge in [-0.25, -0.2) is 0 Å². The highest BCUT2D eigenvalue weighted by molar-refractivity contribution is 6.04. The highest BCUT2D eigenvalue weighted by Crippen LogP contribution is 2.42. The molecule has 1 aliphatic carbocycles. The van der Waals surface area contributed by atoms with Crippen molar-refractivity contribution < 1.29 is 23.4 Å². The molecule has 0 saturated carbocycles. The van der Waals surface area contributed by atoms with E-state index in [-0.39, 0.29) is 40.6 Å². The number of nitrogens with two attached hydrogens (primary N) is 1. The van der Waals surface area contributed by atoms with Gasteiger partial charge in [0.1, 0.15) is 12.0 Å². The number of hydrogen-bond donors (Lipinski definition) is 3. The Labute approximate surface area is 203 Å². The van der Waals surface area contributed by atoms with E-state index in [0.29, 0.717) is 18.8 Å². The van der Waals surface area contributed by atoms with E-state index < -0.39 is 5.91 Å². The van der Waals surface area contributed by atoms with E-state index in [1.165, 1.54) is 31.6 Å². The fourth-order valence-corrected chi connectivity index (χ4v) is 4.04. The topological polar surface area (TPSA) is 147 Å². The first kappa shape index (κ1) is 24.3. The molecule has 35 heavy (non-hydrogen) atoms. The SMILES string of the molecule is COc1nc(NCCN)nc(OC)c1NC(=O)c1coc(Oc2cc3c(cc2C)CCC3(C)C)n1. The highest BCUT2D eigenvalue weighted by atomic mass is 16.6. The largest absolute Gasteiger partial charge is 0.479 e. The molecule has 0 spiro atoms. The van der Waals surface area contributed by atoms with Crippen molar-refractivity contribution in [3.05, 3.63) is 40.8 Å². The first-order valence-electron chi connectivity index (χ1n) is 11.3. The molecule has 4 N–H and O–H groups in total. The molecule has 0 aliphatic heterocycles. The van der Waals surface area contributed by atoms with Crippen molar-refractivity contribution in [2.75, 3.05) is 37.9 Å². The van der Waals surface area contributed by atoms with Crippen molar-refractivity contribution in [1.29, 1.82) is 0 Å². The van der Waals surface area contributed by atoms with Crippen molar-refractivity contribution >= 4 is 17.5 Å². The van der Waals surface area contributed by atoms with Crippen LogP contribution in [-0.4, -0.2) is 48.2 Å². The maximum Gasteiger partial charge on any atom is 0.399 e. The average molecular weight is 483 g/mol. The molecule has 1 aliphatic rings. The molecule has 1 amide bonds. The predicted molar refractivity (Wildman–Crippen MR) is 130 cm³/mol. The Bertz CT molecular complexity index is 1210. The van der Waals surface area contributed by atoms with Crippen molar-refractivity contribution in [1.82, 2.24) is 15.0 Å². The van der Waals surface area contributed by atoms with Gasteiger partial charge in [0.05, 0.1) is 14.2 Å². The Morgan fingerprint density at radius 2 is 1.89 bits per heavy atom. The number of rotatable bonds is 9. The molecule has 0 atom stereocenters. The standard InChI is InChI=1S/C24H30N6O5/c1-13-10-14-6-7-24(2,3)15(14)11-17(13)35-23-27-16(12-34-23)19(31)28-18-20(32-4)29-22(26-9-8-25)30-21(18)33-5/h10-12H,6-9,25H2,1-5H3,(H,28,31)(H,26,29,30). The van der Waals surface area contributed by atoms with E-state index in [1.807, 2.05) is 13.0 Å². The number of nitrogens with zero attached hydrogens (tertiary/aromatic N) is 3. The first-order valence-corrected chi connectivity index (χ1v) is 11.3. The summed E-state index contributed by atoms with van der Waals surface area (Å²) < 4.78 is 21.9. The van der Waals surface area contributed by atoms with Gasteiger partial charge in [0.2, 0.25) is 17.7 Å². The van der Waals surface area contributed by atoms with Crippen LogP contribution < -0.4 is 30.6 Å². The minimum atomic E-state index is -0.571. The van der Waals surface area contributed by atoms with Gasteiger partial charge in [-0.1, -0.05) is 19.9 Å². The zero-order chi connectivity index (χ0) is 25.2. The van der Waals surface area contributed by atoms with Gasteiger partial charge in [-0.05, 0) is 47.9 Å². The van der Waals surface area contributed by atoms with Gasteiger partial charge < -0.3 is 35.0 Å². The predicted octanol–water partition coefficient (Wildman–Crippen LogP) is 3.43. The normalized spacial score (nSPS) is 13.8. The number of ether oxygens (including phenoxy) is 3. The maximum absolute atomic E-state index is 12.9. The molecule has 2 heterocycles. The number of oxazole rings is 1. The van der Waals surface area contributed by atoms with Gasteiger partial charge in [0.15, 0.2) is 11.4 Å². The molecule has 186 valence electrons. The molecule has 3 aromatic rings.